The van der Waals surface area contributed by atoms with E-state index < -0.39 is 17.6 Å². The summed E-state index contributed by atoms with van der Waals surface area (Å²) in [5.41, 5.74) is 0.635. The number of carbonyl (C=O) groups is 2. The maximum absolute atomic E-state index is 12.6. The number of phenols is 1. The third-order valence-electron chi connectivity index (χ3n) is 5.30. The number of amides is 1. The van der Waals surface area contributed by atoms with Gasteiger partial charge in [-0.2, -0.15) is 0 Å². The average Bonchev–Trinajstić information content (AvgIpc) is 3.12. The quantitative estimate of drug-likeness (QED) is 0.635. The normalized spacial score (nSPS) is 24.4. The lowest BCUT2D eigenvalue weighted by molar-refractivity contribution is -0.154. The summed E-state index contributed by atoms with van der Waals surface area (Å²) in [5.74, 6) is 0.0282. The summed E-state index contributed by atoms with van der Waals surface area (Å²) in [6, 6.07) is 3.80. The van der Waals surface area contributed by atoms with E-state index in [9.17, 15) is 19.5 Å². The van der Waals surface area contributed by atoms with Crippen LogP contribution in [0.4, 0.5) is 0 Å². The molecular formula is C19H19NO6S. The number of thioether (sulfide) groups is 1. The minimum Gasteiger partial charge on any atom is -0.508 e. The molecule has 2 aliphatic rings. The highest BCUT2D eigenvalue weighted by atomic mass is 32.2. The van der Waals surface area contributed by atoms with E-state index in [0.29, 0.717) is 28.7 Å². The number of hydrogen-bond donors (Lipinski definition) is 1. The molecule has 2 aromatic rings. The molecule has 3 heterocycles. The Morgan fingerprint density at radius 3 is 3.00 bits per heavy atom. The van der Waals surface area contributed by atoms with Gasteiger partial charge in [-0.1, -0.05) is 0 Å². The minimum atomic E-state index is -0.604. The fourth-order valence-corrected chi connectivity index (χ4v) is 5.19. The van der Waals surface area contributed by atoms with E-state index in [-0.39, 0.29) is 28.7 Å². The zero-order chi connectivity index (χ0) is 19.3. The number of ether oxygens (including phenoxy) is 1. The highest BCUT2D eigenvalue weighted by Crippen LogP contribution is 2.47. The highest BCUT2D eigenvalue weighted by Gasteiger charge is 2.53. The van der Waals surface area contributed by atoms with Crippen LogP contribution in [0.3, 0.4) is 0 Å². The molecule has 8 heteroatoms. The molecule has 0 radical (unpaired) electrons. The van der Waals surface area contributed by atoms with Crippen LogP contribution in [0.5, 0.6) is 5.75 Å². The van der Waals surface area contributed by atoms with Gasteiger partial charge in [-0.05, 0) is 32.4 Å². The molecule has 0 aliphatic carbocycles. The summed E-state index contributed by atoms with van der Waals surface area (Å²) in [6.07, 6.45) is 1.17. The van der Waals surface area contributed by atoms with Crippen molar-refractivity contribution in [1.29, 1.82) is 0 Å². The molecule has 0 unspecified atom stereocenters. The topological polar surface area (TPSA) is 97.0 Å². The Hall–Kier alpha value is -2.48. The first kappa shape index (κ1) is 17.9. The van der Waals surface area contributed by atoms with Crippen molar-refractivity contribution in [3.63, 3.8) is 0 Å². The predicted molar refractivity (Wildman–Crippen MR) is 99.4 cm³/mol. The number of phenolic OH excluding ortho intramolecular Hbond substituents is 1. The largest absolute Gasteiger partial charge is 0.508 e. The summed E-state index contributed by atoms with van der Waals surface area (Å²) in [7, 11) is 0. The molecule has 2 aliphatic heterocycles. The number of nitrogens with zero attached hydrogens (tertiary/aromatic N) is 1. The fraction of sp³-hybridized carbons (Fsp3) is 0.421. The molecule has 1 N–H and O–H groups in total. The van der Waals surface area contributed by atoms with Gasteiger partial charge in [-0.25, -0.2) is 9.59 Å². The molecule has 1 amide bonds. The molecular weight excluding hydrogens is 370 g/mol. The third kappa shape index (κ3) is 2.88. The SMILES string of the molecule is Cc1c(O)ccc2c(COC(=O)[C@@H]3CS[C@]4(C)CCC(=O)N34)cc(=O)oc12. The number of aromatic hydroxyl groups is 1. The molecule has 0 spiro atoms. The van der Waals surface area contributed by atoms with Crippen LogP contribution in [-0.2, 0) is 20.9 Å². The molecule has 142 valence electrons. The van der Waals surface area contributed by atoms with Gasteiger partial charge in [0.2, 0.25) is 5.91 Å². The van der Waals surface area contributed by atoms with E-state index in [1.54, 1.807) is 29.7 Å². The Morgan fingerprint density at radius 1 is 1.44 bits per heavy atom. The molecule has 1 aromatic heterocycles. The average molecular weight is 389 g/mol. The van der Waals surface area contributed by atoms with Crippen LogP contribution in [0.2, 0.25) is 0 Å². The lowest BCUT2D eigenvalue weighted by Gasteiger charge is -2.29. The molecule has 0 bridgehead atoms. The molecule has 2 fully saturated rings. The Kier molecular flexibility index (Phi) is 4.18. The van der Waals surface area contributed by atoms with Gasteiger partial charge in [0.15, 0.2) is 0 Å². The van der Waals surface area contributed by atoms with Gasteiger partial charge in [0, 0.05) is 34.8 Å². The first-order valence-electron chi connectivity index (χ1n) is 8.68. The van der Waals surface area contributed by atoms with Crippen LogP contribution >= 0.6 is 11.8 Å². The van der Waals surface area contributed by atoms with Gasteiger partial charge in [0.05, 0.1) is 4.87 Å². The van der Waals surface area contributed by atoms with Crippen molar-refractivity contribution in [3.8, 4) is 5.75 Å². The summed E-state index contributed by atoms with van der Waals surface area (Å²) < 4.78 is 10.6. The molecule has 0 saturated carbocycles. The second-order valence-electron chi connectivity index (χ2n) is 7.05. The molecule has 27 heavy (non-hydrogen) atoms. The standard InChI is InChI=1S/C19H19NO6S/c1-10-14(21)4-3-12-11(7-16(23)26-17(10)12)8-25-18(24)13-9-27-19(2)6-5-15(22)20(13)19/h3-4,7,13,21H,5-6,8-9H2,1-2H3/t13-,19+/m0/s1. The van der Waals surface area contributed by atoms with E-state index in [1.807, 2.05) is 6.92 Å². The zero-order valence-corrected chi connectivity index (χ0v) is 15.8. The van der Waals surface area contributed by atoms with Crippen LogP contribution in [0.1, 0.15) is 30.9 Å². The lowest BCUT2D eigenvalue weighted by atomic mass is 10.1. The Labute approximate surface area is 159 Å². The van der Waals surface area contributed by atoms with Gasteiger partial charge in [-0.15, -0.1) is 11.8 Å². The van der Waals surface area contributed by atoms with Gasteiger partial charge in [0.1, 0.15) is 24.0 Å². The summed E-state index contributed by atoms with van der Waals surface area (Å²) in [5, 5.41) is 10.4. The van der Waals surface area contributed by atoms with E-state index in [4.69, 9.17) is 9.15 Å². The number of aryl methyl sites for hydroxylation is 1. The van der Waals surface area contributed by atoms with Gasteiger partial charge < -0.3 is 19.2 Å². The smallest absolute Gasteiger partial charge is 0.336 e. The molecule has 2 atom stereocenters. The Bertz CT molecular complexity index is 1020. The monoisotopic (exact) mass is 389 g/mol. The van der Waals surface area contributed by atoms with Crippen LogP contribution in [0.15, 0.2) is 27.4 Å². The summed E-state index contributed by atoms with van der Waals surface area (Å²) >= 11 is 1.60. The number of hydrogen-bond acceptors (Lipinski definition) is 7. The van der Waals surface area contributed by atoms with Crippen LogP contribution in [0.25, 0.3) is 11.0 Å². The number of carbonyl (C=O) groups excluding carboxylic acids is 2. The molecule has 2 saturated heterocycles. The summed E-state index contributed by atoms with van der Waals surface area (Å²) in [6.45, 7) is 3.51. The Balaban J connectivity index is 1.57. The van der Waals surface area contributed by atoms with E-state index >= 15 is 0 Å². The summed E-state index contributed by atoms with van der Waals surface area (Å²) in [4.78, 5) is 37.9. The van der Waals surface area contributed by atoms with Gasteiger partial charge >= 0.3 is 11.6 Å². The first-order valence-corrected chi connectivity index (χ1v) is 9.67. The lowest BCUT2D eigenvalue weighted by Crippen LogP contribution is -2.46. The number of esters is 1. The Morgan fingerprint density at radius 2 is 2.22 bits per heavy atom. The van der Waals surface area contributed by atoms with Gasteiger partial charge in [-0.3, -0.25) is 4.79 Å². The van der Waals surface area contributed by atoms with Crippen molar-refractivity contribution >= 4 is 34.6 Å². The van der Waals surface area contributed by atoms with Crippen molar-refractivity contribution in [2.45, 2.75) is 44.2 Å². The molecule has 1 aromatic carbocycles. The predicted octanol–water partition coefficient (Wildman–Crippen LogP) is 2.30. The zero-order valence-electron chi connectivity index (χ0n) is 15.0. The molecule has 4 rings (SSSR count). The first-order chi connectivity index (χ1) is 12.8. The number of benzene rings is 1. The van der Waals surface area contributed by atoms with Crippen molar-refractivity contribution < 1.29 is 23.8 Å². The van der Waals surface area contributed by atoms with Crippen molar-refractivity contribution in [1.82, 2.24) is 4.90 Å². The second-order valence-corrected chi connectivity index (χ2v) is 8.55. The number of fused-ring (bicyclic) bond motifs is 2. The highest BCUT2D eigenvalue weighted by molar-refractivity contribution is 8.01. The maximum atomic E-state index is 12.6. The second kappa shape index (κ2) is 6.30. The molecule has 7 nitrogen and oxygen atoms in total. The van der Waals surface area contributed by atoms with Crippen molar-refractivity contribution in [2.75, 3.05) is 5.75 Å². The van der Waals surface area contributed by atoms with Crippen LogP contribution < -0.4 is 5.63 Å². The van der Waals surface area contributed by atoms with E-state index in [2.05, 4.69) is 0 Å². The minimum absolute atomic E-state index is 0.0228. The van der Waals surface area contributed by atoms with Crippen LogP contribution in [-0.4, -0.2) is 38.5 Å². The van der Waals surface area contributed by atoms with E-state index in [1.165, 1.54) is 12.1 Å². The van der Waals surface area contributed by atoms with Crippen molar-refractivity contribution in [2.24, 2.45) is 0 Å². The fourth-order valence-electron chi connectivity index (χ4n) is 3.78. The van der Waals surface area contributed by atoms with Gasteiger partial charge in [0.25, 0.3) is 0 Å². The van der Waals surface area contributed by atoms with Crippen LogP contribution in [0, 0.1) is 6.92 Å². The third-order valence-corrected chi connectivity index (χ3v) is 6.81. The number of rotatable bonds is 3. The maximum Gasteiger partial charge on any atom is 0.336 e. The van der Waals surface area contributed by atoms with E-state index in [0.717, 1.165) is 6.42 Å². The van der Waals surface area contributed by atoms with Crippen molar-refractivity contribution in [3.05, 3.63) is 39.7 Å².